The average Bonchev–Trinajstić information content (AvgIpc) is 2.62. The number of aliphatic hydroxyl groups excluding tert-OH is 1. The molecule has 0 spiro atoms. The van der Waals surface area contributed by atoms with Crippen LogP contribution in [0.25, 0.3) is 0 Å². The summed E-state index contributed by atoms with van der Waals surface area (Å²) >= 11 is 0. The second-order valence-electron chi connectivity index (χ2n) is 6.24. The number of benzene rings is 2. The second kappa shape index (κ2) is 9.20. The number of ether oxygens (including phenoxy) is 1. The summed E-state index contributed by atoms with van der Waals surface area (Å²) in [6.07, 6.45) is 0.0975. The van der Waals surface area contributed by atoms with E-state index in [-0.39, 0.29) is 6.42 Å². The summed E-state index contributed by atoms with van der Waals surface area (Å²) in [6.45, 7) is 0. The molecule has 4 N–H and O–H groups in total. The van der Waals surface area contributed by atoms with E-state index in [1.165, 1.54) is 0 Å². The second-order valence-corrected chi connectivity index (χ2v) is 6.24. The third-order valence-corrected chi connectivity index (χ3v) is 4.32. The van der Waals surface area contributed by atoms with Crippen molar-refractivity contribution < 1.29 is 19.7 Å². The van der Waals surface area contributed by atoms with Crippen LogP contribution in [0.5, 0.6) is 5.75 Å². The molecule has 0 aliphatic carbocycles. The zero-order valence-electron chi connectivity index (χ0n) is 14.3. The van der Waals surface area contributed by atoms with E-state index >= 15 is 0 Å². The van der Waals surface area contributed by atoms with Crippen molar-refractivity contribution in [2.24, 2.45) is 11.7 Å². The van der Waals surface area contributed by atoms with E-state index in [0.29, 0.717) is 12.8 Å². The highest BCUT2D eigenvalue weighted by molar-refractivity contribution is 5.70. The van der Waals surface area contributed by atoms with Gasteiger partial charge in [0, 0.05) is 6.04 Å². The van der Waals surface area contributed by atoms with Crippen molar-refractivity contribution >= 4 is 5.97 Å². The fraction of sp³-hybridized carbons (Fsp3) is 0.350. The van der Waals surface area contributed by atoms with Crippen molar-refractivity contribution in [2.45, 2.75) is 31.4 Å². The first kappa shape index (κ1) is 19.0. The molecule has 0 bridgehead atoms. The smallest absolute Gasteiger partial charge is 0.306 e. The zero-order valence-corrected chi connectivity index (χ0v) is 14.3. The van der Waals surface area contributed by atoms with E-state index in [1.807, 2.05) is 42.5 Å². The van der Waals surface area contributed by atoms with Crippen molar-refractivity contribution in [1.82, 2.24) is 0 Å². The Morgan fingerprint density at radius 1 is 1.04 bits per heavy atom. The van der Waals surface area contributed by atoms with E-state index in [9.17, 15) is 15.0 Å². The van der Waals surface area contributed by atoms with Crippen LogP contribution >= 0.6 is 0 Å². The van der Waals surface area contributed by atoms with E-state index in [0.717, 1.165) is 16.9 Å². The van der Waals surface area contributed by atoms with Crippen molar-refractivity contribution in [3.63, 3.8) is 0 Å². The van der Waals surface area contributed by atoms with Crippen LogP contribution in [-0.4, -0.2) is 35.4 Å². The van der Waals surface area contributed by atoms with E-state index in [2.05, 4.69) is 0 Å². The monoisotopic (exact) mass is 343 g/mol. The highest BCUT2D eigenvalue weighted by atomic mass is 16.5. The van der Waals surface area contributed by atoms with Crippen molar-refractivity contribution in [3.05, 3.63) is 65.7 Å². The van der Waals surface area contributed by atoms with Crippen molar-refractivity contribution in [2.75, 3.05) is 7.11 Å². The summed E-state index contributed by atoms with van der Waals surface area (Å²) in [5.74, 6) is -0.896. The number of hydrogen-bond donors (Lipinski definition) is 3. The Labute approximate surface area is 148 Å². The molecule has 0 unspecified atom stereocenters. The fourth-order valence-electron chi connectivity index (χ4n) is 2.81. The number of nitrogens with two attached hydrogens (primary N) is 1. The lowest BCUT2D eigenvalue weighted by atomic mass is 9.90. The average molecular weight is 343 g/mol. The molecule has 0 radical (unpaired) electrons. The molecule has 0 fully saturated rings. The Morgan fingerprint density at radius 2 is 1.64 bits per heavy atom. The summed E-state index contributed by atoms with van der Waals surface area (Å²) in [4.78, 5) is 11.6. The number of aliphatic hydroxyl groups is 1. The van der Waals surface area contributed by atoms with Crippen molar-refractivity contribution in [3.8, 4) is 5.75 Å². The molecule has 2 aromatic carbocycles. The highest BCUT2D eigenvalue weighted by Crippen LogP contribution is 2.19. The van der Waals surface area contributed by atoms with Gasteiger partial charge in [-0.05, 0) is 42.5 Å². The molecular weight excluding hydrogens is 318 g/mol. The lowest BCUT2D eigenvalue weighted by Gasteiger charge is -2.22. The number of methoxy groups -OCH3 is 1. The number of carboxylic acid groups (broad SMARTS) is 1. The first-order chi connectivity index (χ1) is 12.0. The largest absolute Gasteiger partial charge is 0.497 e. The van der Waals surface area contributed by atoms with E-state index in [1.54, 1.807) is 19.2 Å². The SMILES string of the molecule is COc1ccc(C[C@H](C[C@H](O)[C@@H](N)Cc2ccccc2)C(=O)O)cc1. The van der Waals surface area contributed by atoms with Gasteiger partial charge in [0.1, 0.15) is 5.75 Å². The predicted molar refractivity (Wildman–Crippen MR) is 96.6 cm³/mol. The van der Waals surface area contributed by atoms with E-state index < -0.39 is 24.0 Å². The maximum absolute atomic E-state index is 11.6. The molecule has 2 rings (SSSR count). The maximum Gasteiger partial charge on any atom is 0.306 e. The standard InChI is InChI=1S/C20H25NO4/c1-25-17-9-7-15(8-10-17)11-16(20(23)24)13-19(22)18(21)12-14-5-3-2-4-6-14/h2-10,16,18-19,22H,11-13,21H2,1H3,(H,23,24)/t16-,18+,19+/m1/s1. The molecule has 134 valence electrons. The predicted octanol–water partition coefficient (Wildman–Crippen LogP) is 2.26. The summed E-state index contributed by atoms with van der Waals surface area (Å²) in [5.41, 5.74) is 7.98. The van der Waals surface area contributed by atoms with Crippen molar-refractivity contribution in [1.29, 1.82) is 0 Å². The Kier molecular flexibility index (Phi) is 6.98. The topological polar surface area (TPSA) is 92.8 Å². The fourth-order valence-corrected chi connectivity index (χ4v) is 2.81. The van der Waals surface area contributed by atoms with Gasteiger partial charge in [0.2, 0.25) is 0 Å². The molecule has 5 heteroatoms. The van der Waals surface area contributed by atoms with Gasteiger partial charge in [-0.25, -0.2) is 0 Å². The number of rotatable bonds is 9. The minimum absolute atomic E-state index is 0.120. The van der Waals surface area contributed by atoms with Gasteiger partial charge in [0.05, 0.1) is 19.1 Å². The first-order valence-corrected chi connectivity index (χ1v) is 8.33. The molecule has 2 aromatic rings. The van der Waals surface area contributed by atoms with Gasteiger partial charge < -0.3 is 20.7 Å². The van der Waals surface area contributed by atoms with Crippen LogP contribution in [0, 0.1) is 5.92 Å². The lowest BCUT2D eigenvalue weighted by Crippen LogP contribution is -2.39. The van der Waals surface area contributed by atoms with Crippen LogP contribution in [0.1, 0.15) is 17.5 Å². The number of aliphatic carboxylic acids is 1. The lowest BCUT2D eigenvalue weighted by molar-refractivity contribution is -0.142. The van der Waals surface area contributed by atoms with Crippen LogP contribution in [0.3, 0.4) is 0 Å². The molecular formula is C20H25NO4. The molecule has 0 aliphatic rings. The Balaban J connectivity index is 1.96. The van der Waals surface area contributed by atoms with Gasteiger partial charge in [-0.2, -0.15) is 0 Å². The summed E-state index contributed by atoms with van der Waals surface area (Å²) < 4.78 is 5.10. The van der Waals surface area contributed by atoms with Crippen LogP contribution in [0.2, 0.25) is 0 Å². The third kappa shape index (κ3) is 5.89. The number of carboxylic acids is 1. The van der Waals surface area contributed by atoms with Gasteiger partial charge in [-0.3, -0.25) is 4.79 Å². The quantitative estimate of drug-likeness (QED) is 0.649. The van der Waals surface area contributed by atoms with Crippen LogP contribution < -0.4 is 10.5 Å². The molecule has 0 heterocycles. The van der Waals surface area contributed by atoms with Gasteiger partial charge in [0.25, 0.3) is 0 Å². The van der Waals surface area contributed by atoms with Gasteiger partial charge >= 0.3 is 5.97 Å². The summed E-state index contributed by atoms with van der Waals surface area (Å²) in [6, 6.07) is 16.4. The highest BCUT2D eigenvalue weighted by Gasteiger charge is 2.25. The third-order valence-electron chi connectivity index (χ3n) is 4.32. The normalized spacial score (nSPS) is 14.5. The van der Waals surface area contributed by atoms with Gasteiger partial charge in [-0.15, -0.1) is 0 Å². The van der Waals surface area contributed by atoms with Crippen LogP contribution in [0.4, 0.5) is 0 Å². The molecule has 0 saturated carbocycles. The molecule has 0 aliphatic heterocycles. The number of carbonyl (C=O) groups is 1. The summed E-state index contributed by atoms with van der Waals surface area (Å²) in [5, 5.41) is 19.8. The molecule has 0 saturated heterocycles. The number of hydrogen-bond acceptors (Lipinski definition) is 4. The molecule has 3 atom stereocenters. The molecule has 0 amide bonds. The van der Waals surface area contributed by atoms with E-state index in [4.69, 9.17) is 10.5 Å². The molecule has 0 aromatic heterocycles. The minimum Gasteiger partial charge on any atom is -0.497 e. The van der Waals surface area contributed by atoms with Crippen LogP contribution in [-0.2, 0) is 17.6 Å². The maximum atomic E-state index is 11.6. The first-order valence-electron chi connectivity index (χ1n) is 8.33. The Hall–Kier alpha value is -2.37. The molecule has 25 heavy (non-hydrogen) atoms. The Morgan fingerprint density at radius 3 is 2.20 bits per heavy atom. The van der Waals surface area contributed by atoms with Crippen LogP contribution in [0.15, 0.2) is 54.6 Å². The molecule has 5 nitrogen and oxygen atoms in total. The van der Waals surface area contributed by atoms with Gasteiger partial charge in [0.15, 0.2) is 0 Å². The zero-order chi connectivity index (χ0) is 18.2. The summed E-state index contributed by atoms with van der Waals surface area (Å²) in [7, 11) is 1.58. The minimum atomic E-state index is -0.929. The Bertz CT molecular complexity index is 657. The van der Waals surface area contributed by atoms with Gasteiger partial charge in [-0.1, -0.05) is 42.5 Å².